The SMILES string of the molecule is O=C(COC(=O)Cn1c2ccccc2c(=O)c2ccccc21)Nc1cc(Cl)c(Cl)cc1Cl. The quantitative estimate of drug-likeness (QED) is 0.234. The lowest BCUT2D eigenvalue weighted by Crippen LogP contribution is -2.24. The Hall–Kier alpha value is -3.06. The summed E-state index contributed by atoms with van der Waals surface area (Å²) in [5.41, 5.74) is 1.33. The Morgan fingerprint density at radius 1 is 0.844 bits per heavy atom. The zero-order valence-corrected chi connectivity index (χ0v) is 18.7. The molecule has 0 bridgehead atoms. The molecule has 162 valence electrons. The molecule has 0 atom stereocenters. The fourth-order valence-corrected chi connectivity index (χ4v) is 3.97. The largest absolute Gasteiger partial charge is 0.454 e. The highest BCUT2D eigenvalue weighted by atomic mass is 35.5. The average molecular weight is 490 g/mol. The van der Waals surface area contributed by atoms with E-state index in [4.69, 9.17) is 39.5 Å². The van der Waals surface area contributed by atoms with E-state index in [0.717, 1.165) is 0 Å². The number of fused-ring (bicyclic) bond motifs is 2. The highest BCUT2D eigenvalue weighted by molar-refractivity contribution is 6.44. The molecule has 4 aromatic rings. The summed E-state index contributed by atoms with van der Waals surface area (Å²) in [6.07, 6.45) is 0. The number of nitrogens with one attached hydrogen (secondary N) is 1. The molecule has 1 aromatic heterocycles. The molecule has 1 N–H and O–H groups in total. The molecule has 0 saturated carbocycles. The maximum absolute atomic E-state index is 12.8. The molecule has 0 radical (unpaired) electrons. The molecular weight excluding hydrogens is 475 g/mol. The maximum Gasteiger partial charge on any atom is 0.326 e. The monoisotopic (exact) mass is 488 g/mol. The van der Waals surface area contributed by atoms with Crippen LogP contribution in [0, 0.1) is 0 Å². The third kappa shape index (κ3) is 4.43. The molecule has 0 saturated heterocycles. The van der Waals surface area contributed by atoms with Gasteiger partial charge in [0.1, 0.15) is 6.54 Å². The van der Waals surface area contributed by atoms with Gasteiger partial charge in [0.25, 0.3) is 5.91 Å². The lowest BCUT2D eigenvalue weighted by Gasteiger charge is -2.15. The van der Waals surface area contributed by atoms with Gasteiger partial charge in [-0.2, -0.15) is 0 Å². The number of amides is 1. The van der Waals surface area contributed by atoms with Crippen LogP contribution in [0.2, 0.25) is 15.1 Å². The standard InChI is InChI=1S/C23H15Cl3N2O4/c24-15-9-17(26)18(10-16(15)25)27-21(29)12-32-22(30)11-28-19-7-3-1-5-13(19)23(31)14-6-2-4-8-20(14)28/h1-10H,11-12H2,(H,27,29). The van der Waals surface area contributed by atoms with Crippen molar-refractivity contribution in [2.24, 2.45) is 0 Å². The Kier molecular flexibility index (Phi) is 6.37. The number of rotatable bonds is 5. The van der Waals surface area contributed by atoms with E-state index in [1.54, 1.807) is 53.1 Å². The topological polar surface area (TPSA) is 77.4 Å². The van der Waals surface area contributed by atoms with Crippen LogP contribution < -0.4 is 10.7 Å². The van der Waals surface area contributed by atoms with Crippen molar-refractivity contribution in [1.82, 2.24) is 4.57 Å². The average Bonchev–Trinajstić information content (AvgIpc) is 2.79. The van der Waals surface area contributed by atoms with Crippen LogP contribution in [0.25, 0.3) is 21.8 Å². The predicted octanol–water partition coefficient (Wildman–Crippen LogP) is 5.30. The molecule has 0 aliphatic heterocycles. The van der Waals surface area contributed by atoms with Crippen molar-refractivity contribution in [3.63, 3.8) is 0 Å². The molecule has 1 amide bonds. The third-order valence-corrected chi connectivity index (χ3v) is 5.85. The molecule has 1 heterocycles. The lowest BCUT2D eigenvalue weighted by atomic mass is 10.1. The Bertz CT molecular complexity index is 1370. The Balaban J connectivity index is 1.52. The van der Waals surface area contributed by atoms with Gasteiger partial charge in [-0.05, 0) is 36.4 Å². The van der Waals surface area contributed by atoms with E-state index in [1.165, 1.54) is 12.1 Å². The summed E-state index contributed by atoms with van der Waals surface area (Å²) in [5.74, 6) is -1.23. The normalized spacial score (nSPS) is 11.0. The molecule has 0 spiro atoms. The minimum atomic E-state index is -0.639. The molecular formula is C23H15Cl3N2O4. The first kappa shape index (κ1) is 22.1. The summed E-state index contributed by atoms with van der Waals surface area (Å²) in [4.78, 5) is 37.5. The molecule has 0 fully saturated rings. The molecule has 0 unspecified atom stereocenters. The number of benzene rings is 3. The lowest BCUT2D eigenvalue weighted by molar-refractivity contribution is -0.147. The van der Waals surface area contributed by atoms with Crippen LogP contribution in [0.1, 0.15) is 0 Å². The van der Waals surface area contributed by atoms with E-state index >= 15 is 0 Å². The first-order chi connectivity index (χ1) is 15.3. The van der Waals surface area contributed by atoms with Crippen LogP contribution in [0.5, 0.6) is 0 Å². The van der Waals surface area contributed by atoms with Gasteiger partial charge in [-0.1, -0.05) is 59.1 Å². The van der Waals surface area contributed by atoms with Gasteiger partial charge in [0, 0.05) is 10.8 Å². The van der Waals surface area contributed by atoms with Crippen LogP contribution in [-0.2, 0) is 20.9 Å². The molecule has 4 rings (SSSR count). The second-order valence-corrected chi connectivity index (χ2v) is 8.13. The van der Waals surface area contributed by atoms with Crippen molar-refractivity contribution in [3.05, 3.63) is 86.0 Å². The Labute approximate surface area is 197 Å². The second-order valence-electron chi connectivity index (χ2n) is 6.90. The number of nitrogens with zero attached hydrogens (tertiary/aromatic N) is 1. The zero-order chi connectivity index (χ0) is 22.8. The first-order valence-electron chi connectivity index (χ1n) is 9.45. The number of halogens is 3. The summed E-state index contributed by atoms with van der Waals surface area (Å²) < 4.78 is 6.85. The highest BCUT2D eigenvalue weighted by Crippen LogP contribution is 2.32. The van der Waals surface area contributed by atoms with Gasteiger partial charge in [0.05, 0.1) is 31.8 Å². The van der Waals surface area contributed by atoms with E-state index in [0.29, 0.717) is 21.8 Å². The fourth-order valence-electron chi connectivity index (χ4n) is 3.37. The molecule has 3 aromatic carbocycles. The van der Waals surface area contributed by atoms with Gasteiger partial charge in [0.2, 0.25) is 0 Å². The minimum Gasteiger partial charge on any atom is -0.454 e. The highest BCUT2D eigenvalue weighted by Gasteiger charge is 2.15. The van der Waals surface area contributed by atoms with Crippen LogP contribution in [0.3, 0.4) is 0 Å². The number of anilines is 1. The second kappa shape index (κ2) is 9.20. The number of pyridine rings is 1. The fraction of sp³-hybridized carbons (Fsp3) is 0.0870. The van der Waals surface area contributed by atoms with E-state index in [9.17, 15) is 14.4 Å². The van der Waals surface area contributed by atoms with Crippen molar-refractivity contribution < 1.29 is 14.3 Å². The number of esters is 1. The number of hydrogen-bond acceptors (Lipinski definition) is 4. The van der Waals surface area contributed by atoms with Gasteiger partial charge in [-0.3, -0.25) is 14.4 Å². The van der Waals surface area contributed by atoms with Crippen LogP contribution >= 0.6 is 34.8 Å². The van der Waals surface area contributed by atoms with Crippen LogP contribution in [0.15, 0.2) is 65.5 Å². The molecule has 32 heavy (non-hydrogen) atoms. The maximum atomic E-state index is 12.8. The van der Waals surface area contributed by atoms with Gasteiger partial charge < -0.3 is 14.6 Å². The van der Waals surface area contributed by atoms with Crippen LogP contribution in [-0.4, -0.2) is 23.1 Å². The van der Waals surface area contributed by atoms with E-state index in [1.807, 2.05) is 0 Å². The number of para-hydroxylation sites is 2. The first-order valence-corrected chi connectivity index (χ1v) is 10.6. The van der Waals surface area contributed by atoms with Crippen molar-refractivity contribution in [2.45, 2.75) is 6.54 Å². The molecule has 9 heteroatoms. The van der Waals surface area contributed by atoms with Crippen molar-refractivity contribution >= 4 is 74.2 Å². The number of carbonyl (C=O) groups is 2. The van der Waals surface area contributed by atoms with Crippen LogP contribution in [0.4, 0.5) is 5.69 Å². The minimum absolute atomic E-state index is 0.112. The summed E-state index contributed by atoms with van der Waals surface area (Å²) in [5, 5.41) is 4.18. The van der Waals surface area contributed by atoms with Crippen molar-refractivity contribution in [3.8, 4) is 0 Å². The molecule has 0 aliphatic rings. The van der Waals surface area contributed by atoms with Gasteiger partial charge in [-0.25, -0.2) is 0 Å². The summed E-state index contributed by atoms with van der Waals surface area (Å²) in [7, 11) is 0. The van der Waals surface area contributed by atoms with Gasteiger partial charge in [0.15, 0.2) is 12.0 Å². The molecule has 0 aliphatic carbocycles. The van der Waals surface area contributed by atoms with Crippen molar-refractivity contribution in [1.29, 1.82) is 0 Å². The Morgan fingerprint density at radius 2 is 1.41 bits per heavy atom. The van der Waals surface area contributed by atoms with E-state index < -0.39 is 18.5 Å². The summed E-state index contributed by atoms with van der Waals surface area (Å²) >= 11 is 17.9. The van der Waals surface area contributed by atoms with Crippen molar-refractivity contribution in [2.75, 3.05) is 11.9 Å². The molecule has 6 nitrogen and oxygen atoms in total. The summed E-state index contributed by atoms with van der Waals surface area (Å²) in [6, 6.07) is 16.8. The number of carbonyl (C=O) groups excluding carboxylic acids is 2. The van der Waals surface area contributed by atoms with Gasteiger partial charge in [-0.15, -0.1) is 0 Å². The Morgan fingerprint density at radius 3 is 2.03 bits per heavy atom. The van der Waals surface area contributed by atoms with E-state index in [-0.39, 0.29) is 32.7 Å². The summed E-state index contributed by atoms with van der Waals surface area (Å²) in [6.45, 7) is -0.701. The zero-order valence-electron chi connectivity index (χ0n) is 16.4. The number of aromatic nitrogens is 1. The number of hydrogen-bond donors (Lipinski definition) is 1. The predicted molar refractivity (Wildman–Crippen MR) is 127 cm³/mol. The smallest absolute Gasteiger partial charge is 0.326 e. The third-order valence-electron chi connectivity index (χ3n) is 4.81. The number of ether oxygens (including phenoxy) is 1. The van der Waals surface area contributed by atoms with Gasteiger partial charge >= 0.3 is 5.97 Å². The van der Waals surface area contributed by atoms with E-state index in [2.05, 4.69) is 5.32 Å².